The van der Waals surface area contributed by atoms with Crippen molar-refractivity contribution in [3.8, 4) is 11.8 Å². The summed E-state index contributed by atoms with van der Waals surface area (Å²) in [5, 5.41) is 8.47. The molecule has 0 N–H and O–H groups in total. The van der Waals surface area contributed by atoms with E-state index in [4.69, 9.17) is 10.00 Å². The van der Waals surface area contributed by atoms with Gasteiger partial charge in [0.25, 0.3) is 0 Å². The van der Waals surface area contributed by atoms with Crippen LogP contribution in [0.15, 0.2) is 12.1 Å². The first-order valence-corrected chi connectivity index (χ1v) is 3.89. The maximum Gasteiger partial charge on any atom is 0.126 e. The smallest absolute Gasteiger partial charge is 0.126 e. The number of aryl methyl sites for hydroxylation is 1. The Balaban J connectivity index is 3.18. The van der Waals surface area contributed by atoms with Crippen molar-refractivity contribution in [1.82, 2.24) is 0 Å². The summed E-state index contributed by atoms with van der Waals surface area (Å²) in [6.07, 6.45) is 0.167. The van der Waals surface area contributed by atoms with E-state index in [0.717, 1.165) is 0 Å². The molecule has 0 radical (unpaired) electrons. The number of benzene rings is 1. The maximum absolute atomic E-state index is 13.1. The van der Waals surface area contributed by atoms with E-state index in [2.05, 4.69) is 0 Å². The first-order valence-electron chi connectivity index (χ1n) is 3.89. The van der Waals surface area contributed by atoms with Crippen molar-refractivity contribution < 1.29 is 9.13 Å². The quantitative estimate of drug-likeness (QED) is 0.697. The lowest BCUT2D eigenvalue weighted by atomic mass is 10.1. The van der Waals surface area contributed by atoms with Crippen molar-refractivity contribution in [2.45, 2.75) is 13.3 Å². The lowest BCUT2D eigenvalue weighted by molar-refractivity contribution is 0.409. The molecule has 0 bridgehead atoms. The van der Waals surface area contributed by atoms with Gasteiger partial charge >= 0.3 is 0 Å². The van der Waals surface area contributed by atoms with Gasteiger partial charge in [-0.15, -0.1) is 0 Å². The van der Waals surface area contributed by atoms with E-state index >= 15 is 0 Å². The normalized spacial score (nSPS) is 9.38. The summed E-state index contributed by atoms with van der Waals surface area (Å²) >= 11 is 0. The van der Waals surface area contributed by atoms with Gasteiger partial charge in [0.1, 0.15) is 11.6 Å². The second-order valence-electron chi connectivity index (χ2n) is 2.75. The van der Waals surface area contributed by atoms with Gasteiger partial charge in [-0.1, -0.05) is 0 Å². The van der Waals surface area contributed by atoms with Crippen LogP contribution in [0.2, 0.25) is 0 Å². The molecule has 3 heteroatoms. The molecule has 68 valence electrons. The Morgan fingerprint density at radius 1 is 1.54 bits per heavy atom. The summed E-state index contributed by atoms with van der Waals surface area (Å²) in [4.78, 5) is 0. The van der Waals surface area contributed by atoms with E-state index in [-0.39, 0.29) is 12.2 Å². The molecule has 0 aliphatic carbocycles. The van der Waals surface area contributed by atoms with Gasteiger partial charge in [0.05, 0.1) is 19.6 Å². The first kappa shape index (κ1) is 9.53. The number of methoxy groups -OCH3 is 1. The molecule has 1 aromatic carbocycles. The van der Waals surface area contributed by atoms with Gasteiger partial charge < -0.3 is 4.74 Å². The molecule has 1 aromatic rings. The van der Waals surface area contributed by atoms with Crippen molar-refractivity contribution in [1.29, 1.82) is 5.26 Å². The molecule has 0 fully saturated rings. The Labute approximate surface area is 76.6 Å². The van der Waals surface area contributed by atoms with Crippen molar-refractivity contribution in [2.24, 2.45) is 0 Å². The lowest BCUT2D eigenvalue weighted by Crippen LogP contribution is -1.94. The Kier molecular flexibility index (Phi) is 2.86. The van der Waals surface area contributed by atoms with Crippen molar-refractivity contribution in [2.75, 3.05) is 7.11 Å². The Bertz CT molecular complexity index is 355. The van der Waals surface area contributed by atoms with Crippen LogP contribution in [-0.2, 0) is 6.42 Å². The van der Waals surface area contributed by atoms with Crippen LogP contribution < -0.4 is 4.74 Å². The van der Waals surface area contributed by atoms with Crippen molar-refractivity contribution >= 4 is 0 Å². The Hall–Kier alpha value is -1.56. The molecular formula is C10H10FNO. The first-order chi connectivity index (χ1) is 6.19. The summed E-state index contributed by atoms with van der Waals surface area (Å²) in [5.74, 6) is 0.270. The molecular weight excluding hydrogens is 169 g/mol. The minimum Gasteiger partial charge on any atom is -0.496 e. The minimum atomic E-state index is -0.300. The average Bonchev–Trinajstić information content (AvgIpc) is 2.11. The summed E-state index contributed by atoms with van der Waals surface area (Å²) < 4.78 is 18.1. The fourth-order valence-electron chi connectivity index (χ4n) is 1.11. The van der Waals surface area contributed by atoms with Gasteiger partial charge in [0.15, 0.2) is 0 Å². The number of hydrogen-bond donors (Lipinski definition) is 0. The molecule has 0 spiro atoms. The predicted molar refractivity (Wildman–Crippen MR) is 47.0 cm³/mol. The van der Waals surface area contributed by atoms with E-state index < -0.39 is 0 Å². The highest BCUT2D eigenvalue weighted by molar-refractivity contribution is 5.39. The highest BCUT2D eigenvalue weighted by Gasteiger charge is 2.06. The number of hydrogen-bond acceptors (Lipinski definition) is 2. The molecule has 0 atom stereocenters. The number of nitrogens with zero attached hydrogens (tertiary/aromatic N) is 1. The van der Waals surface area contributed by atoms with Crippen LogP contribution in [0.5, 0.6) is 5.75 Å². The summed E-state index contributed by atoms with van der Waals surface area (Å²) in [5.41, 5.74) is 1.12. The predicted octanol–water partition coefficient (Wildman–Crippen LogP) is 2.21. The number of rotatable bonds is 2. The monoisotopic (exact) mass is 179 g/mol. The number of ether oxygens (including phenoxy) is 1. The third-order valence-corrected chi connectivity index (χ3v) is 1.83. The van der Waals surface area contributed by atoms with Gasteiger partial charge in [-0.2, -0.15) is 5.26 Å². The highest BCUT2D eigenvalue weighted by Crippen LogP contribution is 2.22. The zero-order chi connectivity index (χ0) is 9.84. The van der Waals surface area contributed by atoms with E-state index in [1.807, 2.05) is 6.07 Å². The molecule has 0 aliphatic rings. The van der Waals surface area contributed by atoms with Crippen LogP contribution >= 0.6 is 0 Å². The molecule has 0 aromatic heterocycles. The van der Waals surface area contributed by atoms with E-state index in [0.29, 0.717) is 16.9 Å². The SMILES string of the molecule is COc1cc(C)c(F)cc1CC#N. The van der Waals surface area contributed by atoms with Crippen LogP contribution in [0.4, 0.5) is 4.39 Å². The summed E-state index contributed by atoms with van der Waals surface area (Å²) in [7, 11) is 1.51. The van der Waals surface area contributed by atoms with Gasteiger partial charge in [-0.3, -0.25) is 0 Å². The largest absolute Gasteiger partial charge is 0.496 e. The molecule has 0 saturated heterocycles. The standard InChI is InChI=1S/C10H10FNO/c1-7-5-10(13-2)8(3-4-12)6-9(7)11/h5-6H,3H2,1-2H3. The molecule has 0 amide bonds. The van der Waals surface area contributed by atoms with Gasteiger partial charge in [-0.25, -0.2) is 4.39 Å². The van der Waals surface area contributed by atoms with Crippen molar-refractivity contribution in [3.63, 3.8) is 0 Å². The van der Waals surface area contributed by atoms with E-state index in [1.54, 1.807) is 13.0 Å². The molecule has 0 aliphatic heterocycles. The molecule has 13 heavy (non-hydrogen) atoms. The van der Waals surface area contributed by atoms with E-state index in [9.17, 15) is 4.39 Å². The summed E-state index contributed by atoms with van der Waals surface area (Å²) in [6, 6.07) is 4.90. The van der Waals surface area contributed by atoms with Gasteiger partial charge in [0.2, 0.25) is 0 Å². The third kappa shape index (κ3) is 1.97. The molecule has 0 heterocycles. The molecule has 2 nitrogen and oxygen atoms in total. The van der Waals surface area contributed by atoms with Crippen LogP contribution in [-0.4, -0.2) is 7.11 Å². The second-order valence-corrected chi connectivity index (χ2v) is 2.75. The summed E-state index contributed by atoms with van der Waals surface area (Å²) in [6.45, 7) is 1.66. The fraction of sp³-hybridized carbons (Fsp3) is 0.300. The topological polar surface area (TPSA) is 33.0 Å². The zero-order valence-corrected chi connectivity index (χ0v) is 7.60. The number of halogens is 1. The Morgan fingerprint density at radius 3 is 2.77 bits per heavy atom. The fourth-order valence-corrected chi connectivity index (χ4v) is 1.11. The van der Waals surface area contributed by atoms with Crippen LogP contribution in [0, 0.1) is 24.1 Å². The highest BCUT2D eigenvalue weighted by atomic mass is 19.1. The molecule has 1 rings (SSSR count). The van der Waals surface area contributed by atoms with Crippen molar-refractivity contribution in [3.05, 3.63) is 29.1 Å². The number of nitriles is 1. The Morgan fingerprint density at radius 2 is 2.23 bits per heavy atom. The van der Waals surface area contributed by atoms with Crippen LogP contribution in [0.3, 0.4) is 0 Å². The minimum absolute atomic E-state index is 0.167. The second kappa shape index (κ2) is 3.90. The zero-order valence-electron chi connectivity index (χ0n) is 7.60. The maximum atomic E-state index is 13.1. The average molecular weight is 179 g/mol. The molecule has 0 saturated carbocycles. The van der Waals surface area contributed by atoms with Crippen LogP contribution in [0.25, 0.3) is 0 Å². The third-order valence-electron chi connectivity index (χ3n) is 1.83. The van der Waals surface area contributed by atoms with E-state index in [1.165, 1.54) is 13.2 Å². The lowest BCUT2D eigenvalue weighted by Gasteiger charge is -2.07. The van der Waals surface area contributed by atoms with Gasteiger partial charge in [-0.05, 0) is 24.6 Å². The van der Waals surface area contributed by atoms with Gasteiger partial charge in [0, 0.05) is 5.56 Å². The molecule has 0 unspecified atom stereocenters. The van der Waals surface area contributed by atoms with Crippen LogP contribution in [0.1, 0.15) is 11.1 Å².